The summed E-state index contributed by atoms with van der Waals surface area (Å²) in [5.74, 6) is 0.870. The van der Waals surface area contributed by atoms with E-state index in [9.17, 15) is 5.11 Å². The molecule has 0 spiro atoms. The Morgan fingerprint density at radius 3 is 2.75 bits per heavy atom. The fraction of sp³-hybridized carbons (Fsp3) is 0.450. The molecule has 1 unspecified atom stereocenters. The Labute approximate surface area is 144 Å². The van der Waals surface area contributed by atoms with Crippen LogP contribution >= 0.6 is 0 Å². The van der Waals surface area contributed by atoms with Crippen LogP contribution in [0.1, 0.15) is 36.9 Å². The minimum atomic E-state index is 0.279. The van der Waals surface area contributed by atoms with Gasteiger partial charge in [0.1, 0.15) is 12.4 Å². The summed E-state index contributed by atoms with van der Waals surface area (Å²) in [5.41, 5.74) is 2.23. The summed E-state index contributed by atoms with van der Waals surface area (Å²) in [6.07, 6.45) is 6.40. The van der Waals surface area contributed by atoms with E-state index in [1.807, 2.05) is 30.3 Å². The predicted molar refractivity (Wildman–Crippen MR) is 94.8 cm³/mol. The Balaban J connectivity index is 1.54. The third-order valence-electron chi connectivity index (χ3n) is 4.63. The van der Waals surface area contributed by atoms with Crippen LogP contribution in [0.2, 0.25) is 0 Å². The van der Waals surface area contributed by atoms with Gasteiger partial charge < -0.3 is 9.84 Å². The summed E-state index contributed by atoms with van der Waals surface area (Å²) in [5, 5.41) is 9.24. The molecule has 0 saturated carbocycles. The van der Waals surface area contributed by atoms with Crippen LogP contribution in [0, 0.1) is 0 Å². The minimum absolute atomic E-state index is 0.279. The highest BCUT2D eigenvalue weighted by Crippen LogP contribution is 2.22. The fourth-order valence-electron chi connectivity index (χ4n) is 3.31. The molecule has 1 aromatic heterocycles. The van der Waals surface area contributed by atoms with E-state index in [2.05, 4.69) is 22.0 Å². The summed E-state index contributed by atoms with van der Waals surface area (Å²) >= 11 is 0. The van der Waals surface area contributed by atoms with E-state index in [1.165, 1.54) is 24.8 Å². The lowest BCUT2D eigenvalue weighted by atomic mass is 9.99. The number of rotatable bonds is 7. The van der Waals surface area contributed by atoms with Crippen LogP contribution in [0.5, 0.6) is 5.75 Å². The third-order valence-corrected chi connectivity index (χ3v) is 4.63. The molecule has 1 fully saturated rings. The smallest absolute Gasteiger partial charge is 0.130 e. The lowest BCUT2D eigenvalue weighted by Crippen LogP contribution is -2.39. The molecule has 1 aliphatic heterocycles. The molecule has 0 aliphatic carbocycles. The molecular weight excluding hydrogens is 300 g/mol. The first-order valence-electron chi connectivity index (χ1n) is 8.82. The molecule has 1 aromatic carbocycles. The summed E-state index contributed by atoms with van der Waals surface area (Å²) in [4.78, 5) is 6.77. The van der Waals surface area contributed by atoms with Crippen molar-refractivity contribution in [3.05, 3.63) is 59.9 Å². The zero-order chi connectivity index (χ0) is 16.6. The first-order valence-corrected chi connectivity index (χ1v) is 8.82. The standard InChI is InChI=1S/C20H26N2O2/c23-14-11-19-6-2-4-13-22(19)15-17-7-9-20(10-8-17)24-16-18-5-1-3-12-21-18/h1,3,5,7-10,12,19,23H,2,4,6,11,13-16H2. The molecular formula is C20H26N2O2. The fourth-order valence-corrected chi connectivity index (χ4v) is 3.31. The van der Waals surface area contributed by atoms with Gasteiger partial charge in [-0.25, -0.2) is 0 Å². The second kappa shape index (κ2) is 8.81. The Hall–Kier alpha value is -1.91. The molecule has 2 heterocycles. The maximum Gasteiger partial charge on any atom is 0.130 e. The highest BCUT2D eigenvalue weighted by molar-refractivity contribution is 5.27. The van der Waals surface area contributed by atoms with Gasteiger partial charge in [0.05, 0.1) is 5.69 Å². The van der Waals surface area contributed by atoms with Crippen molar-refractivity contribution >= 4 is 0 Å². The number of aliphatic hydroxyl groups is 1. The summed E-state index contributed by atoms with van der Waals surface area (Å²) in [6, 6.07) is 14.7. The topological polar surface area (TPSA) is 45.6 Å². The van der Waals surface area contributed by atoms with Crippen molar-refractivity contribution in [2.24, 2.45) is 0 Å². The number of nitrogens with zero attached hydrogens (tertiary/aromatic N) is 2. The normalized spacial score (nSPS) is 18.5. The average molecular weight is 326 g/mol. The molecule has 0 bridgehead atoms. The maximum absolute atomic E-state index is 9.24. The van der Waals surface area contributed by atoms with Gasteiger partial charge in [-0.05, 0) is 55.6 Å². The average Bonchev–Trinajstić information content (AvgIpc) is 2.64. The number of hydrogen-bond acceptors (Lipinski definition) is 4. The lowest BCUT2D eigenvalue weighted by molar-refractivity contribution is 0.112. The van der Waals surface area contributed by atoms with Crippen LogP contribution in [-0.2, 0) is 13.2 Å². The molecule has 3 rings (SSSR count). The van der Waals surface area contributed by atoms with E-state index in [1.54, 1.807) is 6.20 Å². The van der Waals surface area contributed by atoms with Gasteiger partial charge in [-0.15, -0.1) is 0 Å². The van der Waals surface area contributed by atoms with Gasteiger partial charge in [-0.2, -0.15) is 0 Å². The number of piperidine rings is 1. The van der Waals surface area contributed by atoms with Crippen LogP contribution in [0.3, 0.4) is 0 Å². The van der Waals surface area contributed by atoms with Crippen LogP contribution in [0.25, 0.3) is 0 Å². The number of pyridine rings is 1. The molecule has 128 valence electrons. The molecule has 2 aromatic rings. The molecule has 1 N–H and O–H groups in total. The Kier molecular flexibility index (Phi) is 6.21. The number of likely N-dealkylation sites (tertiary alicyclic amines) is 1. The van der Waals surface area contributed by atoms with Gasteiger partial charge in [0.25, 0.3) is 0 Å². The van der Waals surface area contributed by atoms with Crippen molar-refractivity contribution in [2.45, 2.75) is 44.9 Å². The molecule has 24 heavy (non-hydrogen) atoms. The predicted octanol–water partition coefficient (Wildman–Crippen LogP) is 3.40. The van der Waals surface area contributed by atoms with Crippen molar-refractivity contribution in [1.29, 1.82) is 0 Å². The highest BCUT2D eigenvalue weighted by Gasteiger charge is 2.21. The van der Waals surface area contributed by atoms with Crippen molar-refractivity contribution < 1.29 is 9.84 Å². The molecule has 1 atom stereocenters. The number of aliphatic hydroxyl groups excluding tert-OH is 1. The second-order valence-corrected chi connectivity index (χ2v) is 6.39. The van der Waals surface area contributed by atoms with E-state index < -0.39 is 0 Å². The van der Waals surface area contributed by atoms with E-state index in [-0.39, 0.29) is 6.61 Å². The summed E-state index contributed by atoms with van der Waals surface area (Å²) in [7, 11) is 0. The Bertz CT molecular complexity index is 599. The van der Waals surface area contributed by atoms with Crippen LogP contribution in [0.4, 0.5) is 0 Å². The number of benzene rings is 1. The van der Waals surface area contributed by atoms with Crippen molar-refractivity contribution in [2.75, 3.05) is 13.2 Å². The third kappa shape index (κ3) is 4.79. The number of aromatic nitrogens is 1. The lowest BCUT2D eigenvalue weighted by Gasteiger charge is -2.35. The van der Waals surface area contributed by atoms with Crippen LogP contribution in [0.15, 0.2) is 48.7 Å². The number of hydrogen-bond donors (Lipinski definition) is 1. The van der Waals surface area contributed by atoms with Crippen molar-refractivity contribution in [3.8, 4) is 5.75 Å². The van der Waals surface area contributed by atoms with Crippen LogP contribution < -0.4 is 4.74 Å². The monoisotopic (exact) mass is 326 g/mol. The van der Waals surface area contributed by atoms with Crippen molar-refractivity contribution in [3.63, 3.8) is 0 Å². The summed E-state index contributed by atoms with van der Waals surface area (Å²) in [6.45, 7) is 2.85. The van der Waals surface area contributed by atoms with Crippen LogP contribution in [-0.4, -0.2) is 34.2 Å². The van der Waals surface area contributed by atoms with E-state index in [4.69, 9.17) is 4.74 Å². The molecule has 4 heteroatoms. The molecule has 0 amide bonds. The first-order chi connectivity index (χ1) is 11.8. The van der Waals surface area contributed by atoms with Gasteiger partial charge in [0, 0.05) is 25.4 Å². The molecule has 1 aliphatic rings. The largest absolute Gasteiger partial charge is 0.487 e. The molecule has 1 saturated heterocycles. The van der Waals surface area contributed by atoms with E-state index in [0.29, 0.717) is 12.6 Å². The minimum Gasteiger partial charge on any atom is -0.487 e. The van der Waals surface area contributed by atoms with Gasteiger partial charge in [-0.3, -0.25) is 9.88 Å². The van der Waals surface area contributed by atoms with E-state index >= 15 is 0 Å². The Morgan fingerprint density at radius 2 is 2.00 bits per heavy atom. The van der Waals surface area contributed by atoms with E-state index in [0.717, 1.165) is 31.0 Å². The Morgan fingerprint density at radius 1 is 1.12 bits per heavy atom. The van der Waals surface area contributed by atoms with Gasteiger partial charge in [0.2, 0.25) is 0 Å². The SMILES string of the molecule is OCCC1CCCCN1Cc1ccc(OCc2ccccn2)cc1. The summed E-state index contributed by atoms with van der Waals surface area (Å²) < 4.78 is 5.79. The van der Waals surface area contributed by atoms with Gasteiger partial charge in [-0.1, -0.05) is 24.6 Å². The quantitative estimate of drug-likeness (QED) is 0.847. The second-order valence-electron chi connectivity index (χ2n) is 6.39. The van der Waals surface area contributed by atoms with Crippen molar-refractivity contribution in [1.82, 2.24) is 9.88 Å². The first kappa shape index (κ1) is 16.9. The maximum atomic E-state index is 9.24. The van der Waals surface area contributed by atoms with Gasteiger partial charge >= 0.3 is 0 Å². The highest BCUT2D eigenvalue weighted by atomic mass is 16.5. The molecule has 4 nitrogen and oxygen atoms in total. The number of ether oxygens (including phenoxy) is 1. The van der Waals surface area contributed by atoms with Gasteiger partial charge in [0.15, 0.2) is 0 Å². The zero-order valence-corrected chi connectivity index (χ0v) is 14.1. The molecule has 0 radical (unpaired) electrons. The zero-order valence-electron chi connectivity index (χ0n) is 14.1.